The van der Waals surface area contributed by atoms with E-state index >= 15 is 0 Å². The zero-order valence-electron chi connectivity index (χ0n) is 11.7. The Morgan fingerprint density at radius 1 is 1.22 bits per heavy atom. The Labute approximate surface area is 109 Å². The molecule has 4 heteroatoms. The summed E-state index contributed by atoms with van der Waals surface area (Å²) in [6.07, 6.45) is 6.34. The van der Waals surface area contributed by atoms with Crippen molar-refractivity contribution in [3.8, 4) is 0 Å². The van der Waals surface area contributed by atoms with Gasteiger partial charge in [-0.25, -0.2) is 9.97 Å². The Morgan fingerprint density at radius 2 is 1.89 bits per heavy atom. The van der Waals surface area contributed by atoms with Crippen molar-refractivity contribution < 1.29 is 0 Å². The lowest BCUT2D eigenvalue weighted by Gasteiger charge is -2.35. The summed E-state index contributed by atoms with van der Waals surface area (Å²) < 4.78 is 0. The van der Waals surface area contributed by atoms with Gasteiger partial charge in [0, 0.05) is 17.5 Å². The summed E-state index contributed by atoms with van der Waals surface area (Å²) in [6, 6.07) is 1.84. The van der Waals surface area contributed by atoms with Crippen LogP contribution in [0.4, 0.5) is 11.6 Å². The molecule has 0 spiro atoms. The van der Waals surface area contributed by atoms with Gasteiger partial charge >= 0.3 is 0 Å². The van der Waals surface area contributed by atoms with Gasteiger partial charge in [0.15, 0.2) is 0 Å². The van der Waals surface area contributed by atoms with Gasteiger partial charge in [-0.3, -0.25) is 0 Å². The van der Waals surface area contributed by atoms with Crippen LogP contribution in [0.3, 0.4) is 0 Å². The van der Waals surface area contributed by atoms with Gasteiger partial charge in [0.1, 0.15) is 17.5 Å². The molecule has 3 N–H and O–H groups in total. The molecule has 1 heterocycles. The van der Waals surface area contributed by atoms with Gasteiger partial charge in [0.25, 0.3) is 0 Å². The van der Waals surface area contributed by atoms with E-state index in [0.29, 0.717) is 11.7 Å². The quantitative estimate of drug-likeness (QED) is 0.861. The fourth-order valence-electron chi connectivity index (χ4n) is 2.57. The highest BCUT2D eigenvalue weighted by molar-refractivity contribution is 5.46. The van der Waals surface area contributed by atoms with Gasteiger partial charge in [0.05, 0.1) is 0 Å². The molecule has 2 rings (SSSR count). The molecule has 0 unspecified atom stereocenters. The van der Waals surface area contributed by atoms with E-state index in [9.17, 15) is 0 Å². The van der Waals surface area contributed by atoms with Gasteiger partial charge in [0.2, 0.25) is 0 Å². The summed E-state index contributed by atoms with van der Waals surface area (Å²) >= 11 is 0. The van der Waals surface area contributed by atoms with Crippen LogP contribution in [-0.4, -0.2) is 15.5 Å². The highest BCUT2D eigenvalue weighted by Crippen LogP contribution is 2.31. The summed E-state index contributed by atoms with van der Waals surface area (Å²) in [5, 5.41) is 3.56. The average molecular weight is 248 g/mol. The molecule has 0 atom stereocenters. The third-order valence-corrected chi connectivity index (χ3v) is 3.67. The number of nitrogens with two attached hydrogens (primary N) is 1. The normalized spacial score (nSPS) is 18.9. The van der Waals surface area contributed by atoms with Crippen molar-refractivity contribution in [3.63, 3.8) is 0 Å². The molecule has 0 radical (unpaired) electrons. The SMILES string of the molecule is CC(C)c1nc(N)cc(NC2(C)CCCCC2)n1. The van der Waals surface area contributed by atoms with Crippen LogP contribution in [0.15, 0.2) is 6.07 Å². The highest BCUT2D eigenvalue weighted by atomic mass is 15.1. The number of aromatic nitrogens is 2. The van der Waals surface area contributed by atoms with Crippen LogP contribution in [0.5, 0.6) is 0 Å². The first-order chi connectivity index (χ1) is 8.48. The smallest absolute Gasteiger partial charge is 0.135 e. The van der Waals surface area contributed by atoms with Crippen molar-refractivity contribution in [2.45, 2.75) is 64.3 Å². The Morgan fingerprint density at radius 3 is 2.50 bits per heavy atom. The Bertz CT molecular complexity index is 408. The first-order valence-electron chi connectivity index (χ1n) is 6.91. The molecule has 0 amide bonds. The lowest BCUT2D eigenvalue weighted by Crippen LogP contribution is -2.37. The van der Waals surface area contributed by atoms with E-state index in [2.05, 4.69) is 36.1 Å². The molecule has 0 bridgehead atoms. The summed E-state index contributed by atoms with van der Waals surface area (Å²) in [6.45, 7) is 6.45. The van der Waals surface area contributed by atoms with E-state index < -0.39 is 0 Å². The molecule has 0 aliphatic heterocycles. The fourth-order valence-corrected chi connectivity index (χ4v) is 2.57. The number of rotatable bonds is 3. The minimum absolute atomic E-state index is 0.160. The molecule has 0 aromatic carbocycles. The number of hydrogen-bond acceptors (Lipinski definition) is 4. The molecule has 1 aliphatic rings. The third-order valence-electron chi connectivity index (χ3n) is 3.67. The molecular formula is C14H24N4. The number of nitrogen functional groups attached to an aromatic ring is 1. The first kappa shape index (κ1) is 13.1. The molecule has 1 aromatic heterocycles. The van der Waals surface area contributed by atoms with Gasteiger partial charge in [-0.1, -0.05) is 33.1 Å². The Kier molecular flexibility index (Phi) is 3.73. The molecule has 18 heavy (non-hydrogen) atoms. The monoisotopic (exact) mass is 248 g/mol. The van der Waals surface area contributed by atoms with Gasteiger partial charge in [-0.2, -0.15) is 0 Å². The van der Waals surface area contributed by atoms with Crippen molar-refractivity contribution >= 4 is 11.6 Å². The maximum atomic E-state index is 5.85. The minimum atomic E-state index is 0.160. The number of nitrogens with one attached hydrogen (secondary N) is 1. The summed E-state index contributed by atoms with van der Waals surface area (Å²) in [5.41, 5.74) is 6.01. The van der Waals surface area contributed by atoms with Crippen LogP contribution >= 0.6 is 0 Å². The number of nitrogens with zero attached hydrogens (tertiary/aromatic N) is 2. The van der Waals surface area contributed by atoms with Crippen LogP contribution in [0.1, 0.15) is 64.6 Å². The highest BCUT2D eigenvalue weighted by Gasteiger charge is 2.27. The van der Waals surface area contributed by atoms with E-state index in [0.717, 1.165) is 11.6 Å². The first-order valence-corrected chi connectivity index (χ1v) is 6.91. The average Bonchev–Trinajstić information content (AvgIpc) is 2.28. The molecule has 4 nitrogen and oxygen atoms in total. The summed E-state index contributed by atoms with van der Waals surface area (Å²) in [7, 11) is 0. The topological polar surface area (TPSA) is 63.8 Å². The van der Waals surface area contributed by atoms with Crippen molar-refractivity contribution in [2.75, 3.05) is 11.1 Å². The second kappa shape index (κ2) is 5.12. The second-order valence-electron chi connectivity index (χ2n) is 5.94. The van der Waals surface area contributed by atoms with E-state index in [1.807, 2.05) is 6.07 Å². The van der Waals surface area contributed by atoms with E-state index in [4.69, 9.17) is 5.73 Å². The van der Waals surface area contributed by atoms with Crippen LogP contribution < -0.4 is 11.1 Å². The fraction of sp³-hybridized carbons (Fsp3) is 0.714. The predicted octanol–water partition coefficient (Wildman–Crippen LogP) is 3.32. The van der Waals surface area contributed by atoms with Gasteiger partial charge in [-0.05, 0) is 19.8 Å². The molecular weight excluding hydrogens is 224 g/mol. The predicted molar refractivity (Wildman–Crippen MR) is 75.6 cm³/mol. The largest absolute Gasteiger partial charge is 0.384 e. The standard InChI is InChI=1S/C14H24N4/c1-10(2)13-16-11(15)9-12(17-13)18-14(3)7-5-4-6-8-14/h9-10H,4-8H2,1-3H3,(H3,15,16,17,18). The van der Waals surface area contributed by atoms with Crippen molar-refractivity contribution in [1.82, 2.24) is 9.97 Å². The molecule has 1 aromatic rings. The van der Waals surface area contributed by atoms with E-state index in [-0.39, 0.29) is 5.54 Å². The number of hydrogen-bond donors (Lipinski definition) is 2. The van der Waals surface area contributed by atoms with Crippen molar-refractivity contribution in [1.29, 1.82) is 0 Å². The van der Waals surface area contributed by atoms with Crippen LogP contribution in [-0.2, 0) is 0 Å². The molecule has 1 aliphatic carbocycles. The van der Waals surface area contributed by atoms with Gasteiger partial charge in [-0.15, -0.1) is 0 Å². The van der Waals surface area contributed by atoms with Crippen molar-refractivity contribution in [3.05, 3.63) is 11.9 Å². The molecule has 1 fully saturated rings. The summed E-state index contributed by atoms with van der Waals surface area (Å²) in [4.78, 5) is 8.85. The zero-order valence-corrected chi connectivity index (χ0v) is 11.7. The molecule has 1 saturated carbocycles. The lowest BCUT2D eigenvalue weighted by molar-refractivity contribution is 0.348. The van der Waals surface area contributed by atoms with Crippen LogP contribution in [0, 0.1) is 0 Å². The molecule has 0 saturated heterocycles. The zero-order chi connectivity index (χ0) is 13.2. The maximum Gasteiger partial charge on any atom is 0.135 e. The van der Waals surface area contributed by atoms with Crippen LogP contribution in [0.25, 0.3) is 0 Å². The Balaban J connectivity index is 2.17. The van der Waals surface area contributed by atoms with E-state index in [1.165, 1.54) is 32.1 Å². The maximum absolute atomic E-state index is 5.85. The second-order valence-corrected chi connectivity index (χ2v) is 5.94. The third kappa shape index (κ3) is 3.12. The van der Waals surface area contributed by atoms with E-state index in [1.54, 1.807) is 0 Å². The molecule has 100 valence electrons. The van der Waals surface area contributed by atoms with Gasteiger partial charge < -0.3 is 11.1 Å². The minimum Gasteiger partial charge on any atom is -0.384 e. The lowest BCUT2D eigenvalue weighted by atomic mass is 9.83. The summed E-state index contributed by atoms with van der Waals surface area (Å²) in [5.74, 6) is 2.54. The van der Waals surface area contributed by atoms with Crippen LogP contribution in [0.2, 0.25) is 0 Å². The van der Waals surface area contributed by atoms with Crippen molar-refractivity contribution in [2.24, 2.45) is 0 Å². The number of anilines is 2. The Hall–Kier alpha value is -1.32.